The Bertz CT molecular complexity index is 105. The molecular formula is C7H12O2. The molecule has 1 unspecified atom stereocenters. The van der Waals surface area contributed by atoms with Gasteiger partial charge < -0.3 is 9.53 Å². The van der Waals surface area contributed by atoms with Gasteiger partial charge in [-0.25, -0.2) is 0 Å². The van der Waals surface area contributed by atoms with Crippen molar-refractivity contribution in [3.05, 3.63) is 0 Å². The molecule has 1 heterocycles. The van der Waals surface area contributed by atoms with Crippen LogP contribution in [-0.4, -0.2) is 18.5 Å². The van der Waals surface area contributed by atoms with Crippen LogP contribution in [-0.2, 0) is 9.53 Å². The van der Waals surface area contributed by atoms with E-state index in [1.807, 2.05) is 0 Å². The summed E-state index contributed by atoms with van der Waals surface area (Å²) >= 11 is 0. The molecule has 1 aliphatic rings. The van der Waals surface area contributed by atoms with Crippen molar-refractivity contribution in [3.63, 3.8) is 0 Å². The molecule has 0 aliphatic carbocycles. The van der Waals surface area contributed by atoms with E-state index in [0.717, 1.165) is 25.9 Å². The van der Waals surface area contributed by atoms with Gasteiger partial charge in [0.25, 0.3) is 0 Å². The molecule has 0 spiro atoms. The summed E-state index contributed by atoms with van der Waals surface area (Å²) in [5.74, 6) is 0.288. The van der Waals surface area contributed by atoms with Gasteiger partial charge in [-0.1, -0.05) is 0 Å². The van der Waals surface area contributed by atoms with E-state index >= 15 is 0 Å². The number of epoxide rings is 1. The number of rotatable bonds is 4. The molecule has 0 N–H and O–H groups in total. The van der Waals surface area contributed by atoms with E-state index < -0.39 is 0 Å². The maximum Gasteiger partial charge on any atom is 0.129 e. The lowest BCUT2D eigenvalue weighted by atomic mass is 10.1. The molecule has 1 fully saturated rings. The Morgan fingerprint density at radius 3 is 2.89 bits per heavy atom. The predicted molar refractivity (Wildman–Crippen MR) is 34.3 cm³/mol. The molecule has 0 radical (unpaired) electrons. The summed E-state index contributed by atoms with van der Waals surface area (Å²) in [6.07, 6.45) is 3.28. The average molecular weight is 128 g/mol. The number of carbonyl (C=O) groups is 1. The van der Waals surface area contributed by atoms with Crippen molar-refractivity contribution in [3.8, 4) is 0 Å². The van der Waals surface area contributed by atoms with Crippen molar-refractivity contribution >= 4 is 5.78 Å². The van der Waals surface area contributed by atoms with Crippen LogP contribution in [0.15, 0.2) is 0 Å². The Balaban J connectivity index is 1.86. The van der Waals surface area contributed by atoms with Crippen LogP contribution < -0.4 is 0 Å². The zero-order valence-electron chi connectivity index (χ0n) is 5.72. The maximum absolute atomic E-state index is 10.4. The van der Waals surface area contributed by atoms with Crippen LogP contribution in [0.2, 0.25) is 0 Å². The summed E-state index contributed by atoms with van der Waals surface area (Å²) in [5.41, 5.74) is 0. The molecule has 0 aromatic heterocycles. The number of ketones is 1. The van der Waals surface area contributed by atoms with Crippen LogP contribution in [0.1, 0.15) is 26.2 Å². The molecule has 1 rings (SSSR count). The van der Waals surface area contributed by atoms with Gasteiger partial charge in [0.15, 0.2) is 0 Å². The fourth-order valence-corrected chi connectivity index (χ4v) is 0.813. The van der Waals surface area contributed by atoms with Crippen molar-refractivity contribution in [1.82, 2.24) is 0 Å². The zero-order chi connectivity index (χ0) is 6.69. The molecule has 1 atom stereocenters. The molecule has 9 heavy (non-hydrogen) atoms. The summed E-state index contributed by atoms with van der Waals surface area (Å²) < 4.78 is 4.98. The van der Waals surface area contributed by atoms with E-state index in [4.69, 9.17) is 4.74 Å². The predicted octanol–water partition coefficient (Wildman–Crippen LogP) is 1.14. The molecule has 0 bridgehead atoms. The topological polar surface area (TPSA) is 29.6 Å². The minimum Gasteiger partial charge on any atom is -0.373 e. The van der Waals surface area contributed by atoms with Gasteiger partial charge in [0.1, 0.15) is 5.78 Å². The van der Waals surface area contributed by atoms with Gasteiger partial charge in [-0.05, 0) is 19.8 Å². The van der Waals surface area contributed by atoms with Crippen LogP contribution in [0.5, 0.6) is 0 Å². The van der Waals surface area contributed by atoms with Crippen LogP contribution in [0.25, 0.3) is 0 Å². The second kappa shape index (κ2) is 2.97. The first-order valence-corrected chi connectivity index (χ1v) is 3.40. The highest BCUT2D eigenvalue weighted by molar-refractivity contribution is 5.75. The first-order chi connectivity index (χ1) is 4.29. The van der Waals surface area contributed by atoms with Crippen molar-refractivity contribution < 1.29 is 9.53 Å². The zero-order valence-corrected chi connectivity index (χ0v) is 5.72. The van der Waals surface area contributed by atoms with Gasteiger partial charge in [0, 0.05) is 6.42 Å². The Labute approximate surface area is 55.2 Å². The quantitative estimate of drug-likeness (QED) is 0.531. The lowest BCUT2D eigenvalue weighted by Gasteiger charge is -1.90. The second-order valence-corrected chi connectivity index (χ2v) is 2.55. The lowest BCUT2D eigenvalue weighted by molar-refractivity contribution is -0.117. The minimum atomic E-state index is 0.288. The van der Waals surface area contributed by atoms with Crippen LogP contribution >= 0.6 is 0 Å². The van der Waals surface area contributed by atoms with Crippen LogP contribution in [0.3, 0.4) is 0 Å². The SMILES string of the molecule is CC(=O)CCCC1CO1. The van der Waals surface area contributed by atoms with Crippen LogP contribution in [0.4, 0.5) is 0 Å². The van der Waals surface area contributed by atoms with Gasteiger partial charge in [-0.3, -0.25) is 0 Å². The molecule has 0 aromatic rings. The standard InChI is InChI=1S/C7H12O2/c1-6(8)3-2-4-7-5-9-7/h7H,2-5H2,1H3. The fraction of sp³-hybridized carbons (Fsp3) is 0.857. The van der Waals surface area contributed by atoms with Gasteiger partial charge >= 0.3 is 0 Å². The molecule has 0 saturated carbocycles. The Morgan fingerprint density at radius 1 is 1.78 bits per heavy atom. The number of hydrogen-bond donors (Lipinski definition) is 0. The number of Topliss-reactive ketones (excluding diaryl/α,β-unsaturated/α-hetero) is 1. The third-order valence-electron chi connectivity index (χ3n) is 1.46. The van der Waals surface area contributed by atoms with Gasteiger partial charge in [0.2, 0.25) is 0 Å². The minimum absolute atomic E-state index is 0.288. The van der Waals surface area contributed by atoms with E-state index in [9.17, 15) is 4.79 Å². The van der Waals surface area contributed by atoms with Crippen molar-refractivity contribution in [2.45, 2.75) is 32.3 Å². The normalized spacial score (nSPS) is 23.9. The summed E-state index contributed by atoms with van der Waals surface area (Å²) in [5, 5.41) is 0. The van der Waals surface area contributed by atoms with Crippen molar-refractivity contribution in [2.24, 2.45) is 0 Å². The Hall–Kier alpha value is -0.370. The Morgan fingerprint density at radius 2 is 2.44 bits per heavy atom. The van der Waals surface area contributed by atoms with E-state index in [-0.39, 0.29) is 5.78 Å². The molecule has 52 valence electrons. The molecule has 0 amide bonds. The van der Waals surface area contributed by atoms with Gasteiger partial charge in [-0.15, -0.1) is 0 Å². The van der Waals surface area contributed by atoms with Gasteiger partial charge in [0.05, 0.1) is 12.7 Å². The number of carbonyl (C=O) groups excluding carboxylic acids is 1. The van der Waals surface area contributed by atoms with Crippen LogP contribution in [0, 0.1) is 0 Å². The maximum atomic E-state index is 10.4. The summed E-state index contributed by atoms with van der Waals surface area (Å²) in [4.78, 5) is 10.4. The number of ether oxygens (including phenoxy) is 1. The van der Waals surface area contributed by atoms with Gasteiger partial charge in [-0.2, -0.15) is 0 Å². The smallest absolute Gasteiger partial charge is 0.129 e. The Kier molecular flexibility index (Phi) is 2.22. The lowest BCUT2D eigenvalue weighted by Crippen LogP contribution is -1.91. The molecule has 1 aliphatic heterocycles. The molecule has 2 nitrogen and oxygen atoms in total. The highest BCUT2D eigenvalue weighted by Gasteiger charge is 2.21. The fourth-order valence-electron chi connectivity index (χ4n) is 0.813. The molecule has 2 heteroatoms. The summed E-state index contributed by atoms with van der Waals surface area (Å²) in [7, 11) is 0. The highest BCUT2D eigenvalue weighted by atomic mass is 16.6. The monoisotopic (exact) mass is 128 g/mol. The van der Waals surface area contributed by atoms with Crippen molar-refractivity contribution in [1.29, 1.82) is 0 Å². The highest BCUT2D eigenvalue weighted by Crippen LogP contribution is 2.16. The first-order valence-electron chi connectivity index (χ1n) is 3.40. The van der Waals surface area contributed by atoms with Crippen molar-refractivity contribution in [2.75, 3.05) is 6.61 Å². The van der Waals surface area contributed by atoms with E-state index in [2.05, 4.69) is 0 Å². The first kappa shape index (κ1) is 6.75. The largest absolute Gasteiger partial charge is 0.373 e. The van der Waals surface area contributed by atoms with E-state index in [1.54, 1.807) is 6.92 Å². The van der Waals surface area contributed by atoms with E-state index in [1.165, 1.54) is 0 Å². The van der Waals surface area contributed by atoms with E-state index in [0.29, 0.717) is 6.10 Å². The number of hydrogen-bond acceptors (Lipinski definition) is 2. The summed E-state index contributed by atoms with van der Waals surface area (Å²) in [6, 6.07) is 0. The molecule has 1 saturated heterocycles. The third kappa shape index (κ3) is 3.25. The third-order valence-corrected chi connectivity index (χ3v) is 1.46. The molecular weight excluding hydrogens is 116 g/mol. The second-order valence-electron chi connectivity index (χ2n) is 2.55. The molecule has 0 aromatic carbocycles. The summed E-state index contributed by atoms with van der Waals surface area (Å²) in [6.45, 7) is 2.55. The average Bonchev–Trinajstić information content (AvgIpc) is 2.48.